The second-order valence-electron chi connectivity index (χ2n) is 10.5. The zero-order valence-corrected chi connectivity index (χ0v) is 22.4. The standard InChI is InChI=1S/C28H34Cl2N4O3/c29-19-3-1-18(2-4-19)16-34-23-6-7-24(34)15-22(14-23)32-27(35)17-37-26-8-5-20(30)13-25(26)28(36)33-11-9-21(31)10-12-33/h1-5,8,13,21-24H,6-7,9-12,14-17,31H2,(H,32,35)/t22?,23-,24+. The summed E-state index contributed by atoms with van der Waals surface area (Å²) in [6, 6.07) is 14.2. The lowest BCUT2D eigenvalue weighted by Crippen LogP contribution is -2.50. The van der Waals surface area contributed by atoms with Crippen molar-refractivity contribution in [2.75, 3.05) is 19.7 Å². The number of carbonyl (C=O) groups excluding carboxylic acids is 2. The van der Waals surface area contributed by atoms with Crippen LogP contribution >= 0.6 is 23.2 Å². The van der Waals surface area contributed by atoms with E-state index in [2.05, 4.69) is 22.3 Å². The van der Waals surface area contributed by atoms with Crippen LogP contribution in [0, 0.1) is 0 Å². The van der Waals surface area contributed by atoms with E-state index in [1.54, 1.807) is 23.1 Å². The van der Waals surface area contributed by atoms with E-state index >= 15 is 0 Å². The minimum atomic E-state index is -0.173. The molecule has 0 saturated carbocycles. The van der Waals surface area contributed by atoms with Gasteiger partial charge in [-0.1, -0.05) is 35.3 Å². The molecule has 0 aromatic heterocycles. The van der Waals surface area contributed by atoms with Gasteiger partial charge < -0.3 is 20.7 Å². The van der Waals surface area contributed by atoms with Gasteiger partial charge in [-0.3, -0.25) is 14.5 Å². The van der Waals surface area contributed by atoms with Gasteiger partial charge in [0, 0.05) is 53.8 Å². The van der Waals surface area contributed by atoms with Crippen LogP contribution in [0.3, 0.4) is 0 Å². The molecule has 5 rings (SSSR count). The number of amides is 2. The maximum Gasteiger partial charge on any atom is 0.258 e. The summed E-state index contributed by atoms with van der Waals surface area (Å²) < 4.78 is 5.84. The Morgan fingerprint density at radius 2 is 1.59 bits per heavy atom. The summed E-state index contributed by atoms with van der Waals surface area (Å²) in [7, 11) is 0. The largest absolute Gasteiger partial charge is 0.483 e. The molecule has 1 unspecified atom stereocenters. The van der Waals surface area contributed by atoms with Crippen LogP contribution in [0.1, 0.15) is 54.4 Å². The smallest absolute Gasteiger partial charge is 0.258 e. The van der Waals surface area contributed by atoms with Gasteiger partial charge in [-0.25, -0.2) is 0 Å². The Morgan fingerprint density at radius 3 is 2.27 bits per heavy atom. The minimum absolute atomic E-state index is 0.124. The third-order valence-corrected chi connectivity index (χ3v) is 8.37. The van der Waals surface area contributed by atoms with Gasteiger partial charge in [-0.15, -0.1) is 0 Å². The van der Waals surface area contributed by atoms with Gasteiger partial charge in [0.1, 0.15) is 5.75 Å². The highest BCUT2D eigenvalue weighted by Gasteiger charge is 2.41. The molecule has 3 aliphatic heterocycles. The van der Waals surface area contributed by atoms with Crippen molar-refractivity contribution in [3.63, 3.8) is 0 Å². The molecule has 9 heteroatoms. The first-order valence-electron chi connectivity index (χ1n) is 13.1. The summed E-state index contributed by atoms with van der Waals surface area (Å²) in [4.78, 5) is 30.3. The van der Waals surface area contributed by atoms with E-state index in [4.69, 9.17) is 33.7 Å². The normalized spacial score (nSPS) is 24.2. The summed E-state index contributed by atoms with van der Waals surface area (Å²) >= 11 is 12.2. The predicted molar refractivity (Wildman–Crippen MR) is 145 cm³/mol. The third-order valence-electron chi connectivity index (χ3n) is 7.89. The number of nitrogens with one attached hydrogen (secondary N) is 1. The van der Waals surface area contributed by atoms with E-state index < -0.39 is 0 Å². The van der Waals surface area contributed by atoms with Gasteiger partial charge in [-0.2, -0.15) is 0 Å². The third kappa shape index (κ3) is 6.40. The molecule has 0 aliphatic carbocycles. The first-order valence-corrected chi connectivity index (χ1v) is 13.9. The number of benzene rings is 2. The van der Waals surface area contributed by atoms with E-state index in [-0.39, 0.29) is 30.5 Å². The van der Waals surface area contributed by atoms with E-state index in [1.165, 1.54) is 5.56 Å². The molecular formula is C28H34Cl2N4O3. The lowest BCUT2D eigenvalue weighted by molar-refractivity contribution is -0.124. The van der Waals surface area contributed by atoms with E-state index in [0.717, 1.165) is 50.1 Å². The van der Waals surface area contributed by atoms with Crippen molar-refractivity contribution in [2.24, 2.45) is 5.73 Å². The Morgan fingerprint density at radius 1 is 0.946 bits per heavy atom. The second kappa shape index (κ2) is 11.6. The highest BCUT2D eigenvalue weighted by Crippen LogP contribution is 2.37. The monoisotopic (exact) mass is 544 g/mol. The summed E-state index contributed by atoms with van der Waals surface area (Å²) in [5, 5.41) is 4.37. The fourth-order valence-corrected chi connectivity index (χ4v) is 6.23. The Hall–Kier alpha value is -2.32. The Balaban J connectivity index is 1.15. The molecule has 2 bridgehead atoms. The molecule has 3 aliphatic rings. The maximum absolute atomic E-state index is 13.1. The van der Waals surface area contributed by atoms with Crippen LogP contribution in [0.25, 0.3) is 0 Å². The van der Waals surface area contributed by atoms with Crippen LogP contribution in [0.4, 0.5) is 0 Å². The summed E-state index contributed by atoms with van der Waals surface area (Å²) in [6.45, 7) is 1.97. The van der Waals surface area contributed by atoms with Crippen molar-refractivity contribution in [2.45, 2.75) is 69.2 Å². The molecule has 3 saturated heterocycles. The molecule has 3 fully saturated rings. The van der Waals surface area contributed by atoms with Crippen molar-refractivity contribution < 1.29 is 14.3 Å². The molecule has 0 radical (unpaired) electrons. The lowest BCUT2D eigenvalue weighted by atomic mass is 9.96. The van der Waals surface area contributed by atoms with Crippen LogP contribution in [0.2, 0.25) is 10.0 Å². The summed E-state index contributed by atoms with van der Waals surface area (Å²) in [5.41, 5.74) is 7.62. The van der Waals surface area contributed by atoms with Crippen LogP contribution < -0.4 is 15.8 Å². The van der Waals surface area contributed by atoms with Gasteiger partial charge in [0.15, 0.2) is 6.61 Å². The Labute approximate surface area is 228 Å². The average Bonchev–Trinajstić information content (AvgIpc) is 3.11. The number of nitrogens with two attached hydrogens (primary N) is 1. The van der Waals surface area contributed by atoms with Crippen molar-refractivity contribution in [3.8, 4) is 5.75 Å². The SMILES string of the molecule is NC1CCN(C(=O)c2cc(Cl)ccc2OCC(=O)NC2C[C@H]3CC[C@@H](C2)N3Cc2ccc(Cl)cc2)CC1. The molecular weight excluding hydrogens is 511 g/mol. The van der Waals surface area contributed by atoms with Crippen LogP contribution in [0.15, 0.2) is 42.5 Å². The molecule has 3 N–H and O–H groups in total. The number of hydrogen-bond acceptors (Lipinski definition) is 5. The van der Waals surface area contributed by atoms with Gasteiger partial charge in [-0.05, 0) is 74.4 Å². The molecule has 3 atom stereocenters. The van der Waals surface area contributed by atoms with Crippen LogP contribution in [-0.2, 0) is 11.3 Å². The lowest BCUT2D eigenvalue weighted by Gasteiger charge is -2.39. The molecule has 37 heavy (non-hydrogen) atoms. The number of halogens is 2. The number of rotatable bonds is 7. The fraction of sp³-hybridized carbons (Fsp3) is 0.500. The van der Waals surface area contributed by atoms with Crippen molar-refractivity contribution >= 4 is 35.0 Å². The van der Waals surface area contributed by atoms with Crippen molar-refractivity contribution in [1.29, 1.82) is 0 Å². The van der Waals surface area contributed by atoms with Gasteiger partial charge in [0.05, 0.1) is 5.56 Å². The molecule has 198 valence electrons. The number of likely N-dealkylation sites (tertiary alicyclic amines) is 1. The first-order chi connectivity index (χ1) is 17.9. The quantitative estimate of drug-likeness (QED) is 0.544. The summed E-state index contributed by atoms with van der Waals surface area (Å²) in [6.07, 6.45) is 5.70. The summed E-state index contributed by atoms with van der Waals surface area (Å²) in [5.74, 6) is 0.0552. The molecule has 3 heterocycles. The van der Waals surface area contributed by atoms with E-state index in [1.807, 2.05) is 12.1 Å². The number of piperidine rings is 2. The van der Waals surface area contributed by atoms with E-state index in [0.29, 0.717) is 41.5 Å². The zero-order valence-electron chi connectivity index (χ0n) is 20.9. The average molecular weight is 546 g/mol. The van der Waals surface area contributed by atoms with Gasteiger partial charge in [0.2, 0.25) is 0 Å². The Bertz CT molecular complexity index is 1110. The van der Waals surface area contributed by atoms with E-state index in [9.17, 15) is 9.59 Å². The highest BCUT2D eigenvalue weighted by molar-refractivity contribution is 6.31. The predicted octanol–water partition coefficient (Wildman–Crippen LogP) is 4.25. The fourth-order valence-electron chi connectivity index (χ4n) is 5.93. The number of nitrogens with zero attached hydrogens (tertiary/aromatic N) is 2. The van der Waals surface area contributed by atoms with Crippen molar-refractivity contribution in [3.05, 3.63) is 63.6 Å². The van der Waals surface area contributed by atoms with Gasteiger partial charge >= 0.3 is 0 Å². The number of hydrogen-bond donors (Lipinski definition) is 2. The Kier molecular flexibility index (Phi) is 8.24. The molecule has 2 aromatic rings. The maximum atomic E-state index is 13.1. The van der Waals surface area contributed by atoms with Crippen molar-refractivity contribution in [1.82, 2.24) is 15.1 Å². The molecule has 2 aromatic carbocycles. The van der Waals surface area contributed by atoms with Gasteiger partial charge in [0.25, 0.3) is 11.8 Å². The molecule has 0 spiro atoms. The number of ether oxygens (including phenoxy) is 1. The minimum Gasteiger partial charge on any atom is -0.483 e. The zero-order chi connectivity index (χ0) is 25.9. The highest BCUT2D eigenvalue weighted by atomic mass is 35.5. The molecule has 7 nitrogen and oxygen atoms in total. The first kappa shape index (κ1) is 26.3. The second-order valence-corrected chi connectivity index (χ2v) is 11.4. The topological polar surface area (TPSA) is 87.9 Å². The van der Waals surface area contributed by atoms with Crippen LogP contribution in [0.5, 0.6) is 5.75 Å². The number of fused-ring (bicyclic) bond motifs is 2. The molecule has 2 amide bonds. The number of carbonyl (C=O) groups is 2. The van der Waals surface area contributed by atoms with Crippen LogP contribution in [-0.4, -0.2) is 65.5 Å².